The molecule has 6 nitrogen and oxygen atoms in total. The average molecular weight is 463 g/mol. The van der Waals surface area contributed by atoms with E-state index in [1.54, 1.807) is 30.3 Å². The van der Waals surface area contributed by atoms with Gasteiger partial charge in [-0.15, -0.1) is 0 Å². The molecule has 2 N–H and O–H groups in total. The number of rotatable bonds is 10. The molecule has 0 atom stereocenters. The highest BCUT2D eigenvalue weighted by molar-refractivity contribution is 7.80. The van der Waals surface area contributed by atoms with Crippen molar-refractivity contribution >= 4 is 28.9 Å². The quantitative estimate of drug-likeness (QED) is 0.244. The van der Waals surface area contributed by atoms with Crippen molar-refractivity contribution in [2.24, 2.45) is 0 Å². The van der Waals surface area contributed by atoms with Crippen LogP contribution < -0.4 is 24.8 Å². The maximum absolute atomic E-state index is 12.5. The first-order valence-corrected chi connectivity index (χ1v) is 10.8. The predicted octanol–water partition coefficient (Wildman–Crippen LogP) is 5.23. The molecule has 3 aromatic carbocycles. The van der Waals surface area contributed by atoms with E-state index in [0.717, 1.165) is 11.3 Å². The Hall–Kier alpha value is -3.84. The van der Waals surface area contributed by atoms with Crippen LogP contribution in [-0.4, -0.2) is 30.8 Å². The van der Waals surface area contributed by atoms with E-state index < -0.39 is 0 Å². The van der Waals surface area contributed by atoms with Gasteiger partial charge in [0.15, 0.2) is 5.11 Å². The highest BCUT2D eigenvalue weighted by Crippen LogP contribution is 2.18. The Morgan fingerprint density at radius 3 is 2.15 bits per heavy atom. The minimum atomic E-state index is -0.318. The summed E-state index contributed by atoms with van der Waals surface area (Å²) in [5, 5.41) is 5.85. The zero-order chi connectivity index (χ0) is 23.5. The highest BCUT2D eigenvalue weighted by Gasteiger charge is 2.09. The highest BCUT2D eigenvalue weighted by atomic mass is 32.1. The molecule has 0 bridgehead atoms. The van der Waals surface area contributed by atoms with E-state index in [1.807, 2.05) is 55.5 Å². The predicted molar refractivity (Wildman–Crippen MR) is 134 cm³/mol. The second-order valence-electron chi connectivity index (χ2n) is 7.22. The van der Waals surface area contributed by atoms with Crippen molar-refractivity contribution in [3.63, 3.8) is 0 Å². The van der Waals surface area contributed by atoms with Gasteiger partial charge < -0.3 is 19.5 Å². The zero-order valence-corrected chi connectivity index (χ0v) is 19.2. The van der Waals surface area contributed by atoms with Gasteiger partial charge in [-0.2, -0.15) is 0 Å². The molecule has 0 heterocycles. The van der Waals surface area contributed by atoms with Gasteiger partial charge in [-0.1, -0.05) is 30.8 Å². The number of nitrogens with one attached hydrogen (secondary N) is 2. The number of anilines is 1. The van der Waals surface area contributed by atoms with Crippen LogP contribution in [0.15, 0.2) is 91.0 Å². The minimum absolute atomic E-state index is 0.190. The van der Waals surface area contributed by atoms with E-state index in [-0.39, 0.29) is 11.0 Å². The van der Waals surface area contributed by atoms with Gasteiger partial charge in [-0.3, -0.25) is 10.1 Å². The van der Waals surface area contributed by atoms with E-state index in [4.69, 9.17) is 26.4 Å². The van der Waals surface area contributed by atoms with Crippen LogP contribution in [0.3, 0.4) is 0 Å². The lowest BCUT2D eigenvalue weighted by Gasteiger charge is -2.12. The molecule has 170 valence electrons. The van der Waals surface area contributed by atoms with Crippen molar-refractivity contribution in [3.05, 3.63) is 96.6 Å². The summed E-state index contributed by atoms with van der Waals surface area (Å²) in [7, 11) is 0. The van der Waals surface area contributed by atoms with E-state index in [9.17, 15) is 4.79 Å². The largest absolute Gasteiger partial charge is 0.490 e. The normalized spacial score (nSPS) is 10.1. The number of carbonyl (C=O) groups is 1. The summed E-state index contributed by atoms with van der Waals surface area (Å²) in [6.45, 7) is 6.96. The molecule has 0 aliphatic heterocycles. The molecule has 3 rings (SSSR count). The number of ether oxygens (including phenoxy) is 3. The van der Waals surface area contributed by atoms with Crippen molar-refractivity contribution < 1.29 is 19.0 Å². The molecule has 7 heteroatoms. The van der Waals surface area contributed by atoms with Crippen LogP contribution in [0.2, 0.25) is 0 Å². The number of amides is 1. The molecular formula is C26H26N2O4S. The second-order valence-corrected chi connectivity index (χ2v) is 7.62. The molecule has 3 aromatic rings. The van der Waals surface area contributed by atoms with Crippen molar-refractivity contribution in [2.45, 2.75) is 6.92 Å². The van der Waals surface area contributed by atoms with Crippen molar-refractivity contribution in [3.8, 4) is 17.2 Å². The van der Waals surface area contributed by atoms with E-state index in [2.05, 4.69) is 17.2 Å². The molecule has 33 heavy (non-hydrogen) atoms. The number of hydrogen-bond donors (Lipinski definition) is 2. The third-order valence-electron chi connectivity index (χ3n) is 4.28. The first-order chi connectivity index (χ1) is 16.0. The molecule has 0 spiro atoms. The van der Waals surface area contributed by atoms with Gasteiger partial charge in [0.2, 0.25) is 0 Å². The number of para-hydroxylation sites is 1. The number of hydrogen-bond acceptors (Lipinski definition) is 5. The Balaban J connectivity index is 1.43. The topological polar surface area (TPSA) is 68.8 Å². The Labute approximate surface area is 199 Å². The molecule has 0 saturated heterocycles. The molecule has 0 unspecified atom stereocenters. The average Bonchev–Trinajstić information content (AvgIpc) is 2.82. The molecule has 1 amide bonds. The molecule has 0 aliphatic carbocycles. The fourth-order valence-electron chi connectivity index (χ4n) is 2.75. The fraction of sp³-hybridized carbons (Fsp3) is 0.154. The number of benzene rings is 3. The first kappa shape index (κ1) is 23.8. The van der Waals surface area contributed by atoms with Crippen molar-refractivity contribution in [1.82, 2.24) is 5.32 Å². The SMILES string of the molecule is C=C(C)COc1cccc(NC(=S)NC(=O)c2ccc(OCCOc3ccccc3)cc2)c1. The maximum atomic E-state index is 12.5. The van der Waals surface area contributed by atoms with Crippen LogP contribution in [0.1, 0.15) is 17.3 Å². The number of carbonyl (C=O) groups excluding carboxylic acids is 1. The van der Waals surface area contributed by atoms with Gasteiger partial charge in [0, 0.05) is 17.3 Å². The molecule has 0 saturated carbocycles. The van der Waals surface area contributed by atoms with Crippen LogP contribution in [0.25, 0.3) is 0 Å². The van der Waals surface area contributed by atoms with E-state index in [0.29, 0.717) is 42.6 Å². The summed E-state index contributed by atoms with van der Waals surface area (Å²) >= 11 is 5.26. The summed E-state index contributed by atoms with van der Waals surface area (Å²) in [6.07, 6.45) is 0. The van der Waals surface area contributed by atoms with Gasteiger partial charge in [0.05, 0.1) is 0 Å². The minimum Gasteiger partial charge on any atom is -0.490 e. The van der Waals surface area contributed by atoms with Gasteiger partial charge in [-0.05, 0) is 73.2 Å². The zero-order valence-electron chi connectivity index (χ0n) is 18.4. The van der Waals surface area contributed by atoms with Crippen molar-refractivity contribution in [1.29, 1.82) is 0 Å². The molecule has 0 radical (unpaired) electrons. The van der Waals surface area contributed by atoms with Crippen LogP contribution in [0.4, 0.5) is 5.69 Å². The Morgan fingerprint density at radius 2 is 1.48 bits per heavy atom. The molecule has 0 aliphatic rings. The van der Waals surface area contributed by atoms with Crippen LogP contribution in [0.5, 0.6) is 17.2 Å². The lowest BCUT2D eigenvalue weighted by Crippen LogP contribution is -2.34. The summed E-state index contributed by atoms with van der Waals surface area (Å²) < 4.78 is 16.9. The van der Waals surface area contributed by atoms with Crippen LogP contribution >= 0.6 is 12.2 Å². The third-order valence-corrected chi connectivity index (χ3v) is 4.49. The Kier molecular flexibility index (Phi) is 8.85. The van der Waals surface area contributed by atoms with E-state index in [1.165, 1.54) is 0 Å². The fourth-order valence-corrected chi connectivity index (χ4v) is 2.96. The smallest absolute Gasteiger partial charge is 0.257 e. The summed E-state index contributed by atoms with van der Waals surface area (Å²) in [6, 6.07) is 23.7. The van der Waals surface area contributed by atoms with Gasteiger partial charge in [0.25, 0.3) is 5.91 Å². The molecule has 0 aromatic heterocycles. The number of thiocarbonyl (C=S) groups is 1. The first-order valence-electron chi connectivity index (χ1n) is 10.4. The second kappa shape index (κ2) is 12.3. The third kappa shape index (κ3) is 8.31. The summed E-state index contributed by atoms with van der Waals surface area (Å²) in [4.78, 5) is 12.5. The summed E-state index contributed by atoms with van der Waals surface area (Å²) in [5.74, 6) is 1.81. The van der Waals surface area contributed by atoms with Gasteiger partial charge in [-0.25, -0.2) is 0 Å². The Bertz CT molecular complexity index is 1080. The van der Waals surface area contributed by atoms with Crippen LogP contribution in [0, 0.1) is 0 Å². The monoisotopic (exact) mass is 462 g/mol. The summed E-state index contributed by atoms with van der Waals surface area (Å²) in [5.41, 5.74) is 2.10. The van der Waals surface area contributed by atoms with Gasteiger partial charge in [0.1, 0.15) is 37.1 Å². The van der Waals surface area contributed by atoms with E-state index >= 15 is 0 Å². The van der Waals surface area contributed by atoms with Gasteiger partial charge >= 0.3 is 0 Å². The maximum Gasteiger partial charge on any atom is 0.257 e. The van der Waals surface area contributed by atoms with Crippen LogP contribution in [-0.2, 0) is 0 Å². The Morgan fingerprint density at radius 1 is 0.848 bits per heavy atom. The van der Waals surface area contributed by atoms with Crippen molar-refractivity contribution in [2.75, 3.05) is 25.1 Å². The molecule has 0 fully saturated rings. The lowest BCUT2D eigenvalue weighted by molar-refractivity contribution is 0.0977. The molecular weight excluding hydrogens is 436 g/mol. The standard InChI is InChI=1S/C26H26N2O4S/c1-19(2)18-32-24-10-6-7-21(17-24)27-26(33)28-25(29)20-11-13-23(14-12-20)31-16-15-30-22-8-4-3-5-9-22/h3-14,17H,1,15-16,18H2,2H3,(H2,27,28,29,33). The lowest BCUT2D eigenvalue weighted by atomic mass is 10.2.